The van der Waals surface area contributed by atoms with Crippen molar-refractivity contribution in [3.63, 3.8) is 0 Å². The summed E-state index contributed by atoms with van der Waals surface area (Å²) in [6.07, 6.45) is -4.72. The average Bonchev–Trinajstić information content (AvgIpc) is 3.13. The Labute approximate surface area is 191 Å². The Bertz CT molecular complexity index is 1580. The highest BCUT2D eigenvalue weighted by atomic mass is 32.2. The minimum absolute atomic E-state index is 0.0147. The fourth-order valence-electron chi connectivity index (χ4n) is 3.12. The molecule has 0 aliphatic heterocycles. The Balaban J connectivity index is 1.91. The normalized spacial score (nSPS) is 11.9. The highest BCUT2D eigenvalue weighted by Gasteiger charge is 2.34. The molecule has 7 nitrogen and oxygen atoms in total. The Hall–Kier alpha value is -3.85. The molecule has 0 unspecified atom stereocenters. The molecule has 0 radical (unpaired) electrons. The van der Waals surface area contributed by atoms with Gasteiger partial charge in [-0.05, 0) is 36.3 Å². The highest BCUT2D eigenvalue weighted by Crippen LogP contribution is 2.31. The SMILES string of the molecule is CCS(=O)(=O)c1ccc(C#Cc2cccc(F)c2)nc1-c1nc2cc(C(F)(F)F)nnc2n1C. The molecule has 0 aliphatic carbocycles. The first-order valence-electron chi connectivity index (χ1n) is 9.78. The van der Waals surface area contributed by atoms with Gasteiger partial charge in [0, 0.05) is 18.7 Å². The quantitative estimate of drug-likeness (QED) is 0.321. The van der Waals surface area contributed by atoms with Crippen LogP contribution in [0.25, 0.3) is 22.7 Å². The number of sulfone groups is 1. The molecule has 3 heterocycles. The number of hydrogen-bond acceptors (Lipinski definition) is 6. The van der Waals surface area contributed by atoms with Crippen LogP contribution in [0.1, 0.15) is 23.9 Å². The number of hydrogen-bond donors (Lipinski definition) is 0. The van der Waals surface area contributed by atoms with Gasteiger partial charge < -0.3 is 4.57 Å². The van der Waals surface area contributed by atoms with Crippen molar-refractivity contribution in [2.24, 2.45) is 7.05 Å². The van der Waals surface area contributed by atoms with E-state index in [4.69, 9.17) is 0 Å². The molecule has 0 saturated carbocycles. The van der Waals surface area contributed by atoms with Crippen molar-refractivity contribution in [1.82, 2.24) is 24.7 Å². The van der Waals surface area contributed by atoms with Crippen molar-refractivity contribution in [2.45, 2.75) is 18.0 Å². The van der Waals surface area contributed by atoms with Gasteiger partial charge in [-0.2, -0.15) is 13.2 Å². The van der Waals surface area contributed by atoms with Crippen molar-refractivity contribution in [3.05, 3.63) is 65.2 Å². The number of alkyl halides is 3. The lowest BCUT2D eigenvalue weighted by atomic mass is 10.2. The third kappa shape index (κ3) is 4.47. The summed E-state index contributed by atoms with van der Waals surface area (Å²) >= 11 is 0. The van der Waals surface area contributed by atoms with Crippen molar-refractivity contribution in [2.75, 3.05) is 5.75 Å². The van der Waals surface area contributed by atoms with Gasteiger partial charge in [-0.1, -0.05) is 18.9 Å². The molecule has 0 fully saturated rings. The van der Waals surface area contributed by atoms with E-state index in [1.807, 2.05) is 0 Å². The lowest BCUT2D eigenvalue weighted by Crippen LogP contribution is -2.10. The van der Waals surface area contributed by atoms with Crippen LogP contribution in [0.3, 0.4) is 0 Å². The number of pyridine rings is 1. The second-order valence-electron chi connectivity index (χ2n) is 7.14. The lowest BCUT2D eigenvalue weighted by Gasteiger charge is -2.09. The molecule has 12 heteroatoms. The van der Waals surface area contributed by atoms with Crippen molar-refractivity contribution >= 4 is 21.0 Å². The smallest absolute Gasteiger partial charge is 0.309 e. The van der Waals surface area contributed by atoms with E-state index < -0.39 is 27.5 Å². The largest absolute Gasteiger partial charge is 0.435 e. The molecule has 0 N–H and O–H groups in total. The van der Waals surface area contributed by atoms with Crippen LogP contribution in [0.4, 0.5) is 17.6 Å². The number of imidazole rings is 1. The van der Waals surface area contributed by atoms with E-state index in [2.05, 4.69) is 32.0 Å². The van der Waals surface area contributed by atoms with Gasteiger partial charge in [-0.15, -0.1) is 10.2 Å². The summed E-state index contributed by atoms with van der Waals surface area (Å²) in [6.45, 7) is 1.45. The third-order valence-electron chi connectivity index (χ3n) is 4.85. The van der Waals surface area contributed by atoms with E-state index in [0.29, 0.717) is 5.56 Å². The zero-order valence-corrected chi connectivity index (χ0v) is 18.5. The number of aryl methyl sites for hydroxylation is 1. The van der Waals surface area contributed by atoms with Crippen molar-refractivity contribution in [3.8, 4) is 23.4 Å². The van der Waals surface area contributed by atoms with Crippen LogP contribution in [-0.4, -0.2) is 38.9 Å². The first-order chi connectivity index (χ1) is 16.0. The second kappa shape index (κ2) is 8.49. The number of fused-ring (bicyclic) bond motifs is 1. The van der Waals surface area contributed by atoms with Crippen molar-refractivity contribution in [1.29, 1.82) is 0 Å². The lowest BCUT2D eigenvalue weighted by molar-refractivity contribution is -0.141. The van der Waals surface area contributed by atoms with Gasteiger partial charge in [0.2, 0.25) is 0 Å². The topological polar surface area (TPSA) is 90.6 Å². The van der Waals surface area contributed by atoms with E-state index in [9.17, 15) is 26.0 Å². The van der Waals surface area contributed by atoms with Gasteiger partial charge in [-0.25, -0.2) is 22.8 Å². The third-order valence-corrected chi connectivity index (χ3v) is 6.61. The van der Waals surface area contributed by atoms with Gasteiger partial charge >= 0.3 is 6.18 Å². The molecular weight excluding hydrogens is 474 g/mol. The van der Waals surface area contributed by atoms with Crippen molar-refractivity contribution < 1.29 is 26.0 Å². The predicted octanol–water partition coefficient (Wildman–Crippen LogP) is 3.78. The summed E-state index contributed by atoms with van der Waals surface area (Å²) in [7, 11) is -2.32. The Morgan fingerprint density at radius 1 is 1.03 bits per heavy atom. The molecule has 0 aliphatic rings. The molecule has 4 aromatic rings. The van der Waals surface area contributed by atoms with Crippen LogP contribution in [-0.2, 0) is 23.1 Å². The maximum atomic E-state index is 13.4. The van der Waals surface area contributed by atoms with Crippen LogP contribution in [0.5, 0.6) is 0 Å². The maximum absolute atomic E-state index is 13.4. The Kier molecular flexibility index (Phi) is 5.82. The summed E-state index contributed by atoms with van der Waals surface area (Å²) in [5, 5.41) is 6.80. The van der Waals surface area contributed by atoms with Gasteiger partial charge in [0.25, 0.3) is 0 Å². The first-order valence-corrected chi connectivity index (χ1v) is 11.4. The predicted molar refractivity (Wildman–Crippen MR) is 115 cm³/mol. The zero-order valence-electron chi connectivity index (χ0n) is 17.7. The summed E-state index contributed by atoms with van der Waals surface area (Å²) in [6, 6.07) is 9.01. The summed E-state index contributed by atoms with van der Waals surface area (Å²) < 4.78 is 79.3. The Morgan fingerprint density at radius 3 is 2.47 bits per heavy atom. The van der Waals surface area contributed by atoms with Crippen LogP contribution >= 0.6 is 0 Å². The van der Waals surface area contributed by atoms with E-state index >= 15 is 0 Å². The molecule has 0 saturated heterocycles. The van der Waals surface area contributed by atoms with E-state index in [1.54, 1.807) is 6.07 Å². The minimum Gasteiger partial charge on any atom is -0.309 e. The van der Waals surface area contributed by atoms with Gasteiger partial charge in [0.15, 0.2) is 27.0 Å². The van der Waals surface area contributed by atoms with Gasteiger partial charge in [0.1, 0.15) is 22.7 Å². The molecule has 1 aromatic carbocycles. The first kappa shape index (κ1) is 23.3. The zero-order chi connectivity index (χ0) is 24.7. The van der Waals surface area contributed by atoms with E-state index in [-0.39, 0.29) is 39.0 Å². The molecule has 0 amide bonds. The number of halogens is 4. The van der Waals surface area contributed by atoms with Crippen LogP contribution < -0.4 is 0 Å². The number of benzene rings is 1. The summed E-state index contributed by atoms with van der Waals surface area (Å²) in [5.41, 5.74) is -0.899. The number of aromatic nitrogens is 5. The standard InChI is InChI=1S/C22H15F4N5O2S/c1-3-34(32,33)17-10-9-15(8-7-13-5-4-6-14(23)11-13)27-19(17)21-28-16-12-18(22(24,25)26)29-30-20(16)31(21)2/h4-6,9-12H,3H2,1-2H3. The number of rotatable bonds is 3. The van der Waals surface area contributed by atoms with E-state index in [0.717, 1.165) is 6.07 Å². The van der Waals surface area contributed by atoms with Crippen LogP contribution in [0.2, 0.25) is 0 Å². The molecule has 34 heavy (non-hydrogen) atoms. The molecule has 174 valence electrons. The maximum Gasteiger partial charge on any atom is 0.435 e. The van der Waals surface area contributed by atoms with Crippen LogP contribution in [0, 0.1) is 17.7 Å². The molecule has 0 bridgehead atoms. The monoisotopic (exact) mass is 489 g/mol. The van der Waals surface area contributed by atoms with Crippen LogP contribution in [0.15, 0.2) is 47.4 Å². The summed E-state index contributed by atoms with van der Waals surface area (Å²) in [4.78, 5) is 8.33. The molecule has 4 rings (SSSR count). The van der Waals surface area contributed by atoms with Gasteiger partial charge in [0.05, 0.1) is 10.6 Å². The molecule has 3 aromatic heterocycles. The van der Waals surface area contributed by atoms with E-state index in [1.165, 1.54) is 48.9 Å². The minimum atomic E-state index is -4.72. The highest BCUT2D eigenvalue weighted by molar-refractivity contribution is 7.91. The Morgan fingerprint density at radius 2 is 1.79 bits per heavy atom. The van der Waals surface area contributed by atoms with Gasteiger partial charge in [-0.3, -0.25) is 0 Å². The molecule has 0 atom stereocenters. The summed E-state index contributed by atoms with van der Waals surface area (Å²) in [5.74, 6) is 4.75. The fourth-order valence-corrected chi connectivity index (χ4v) is 4.14. The second-order valence-corrected chi connectivity index (χ2v) is 9.38. The molecule has 0 spiro atoms. The fraction of sp³-hybridized carbons (Fsp3) is 0.182. The average molecular weight is 489 g/mol. The number of nitrogens with zero attached hydrogens (tertiary/aromatic N) is 5. The molecular formula is C22H15F4N5O2S.